The molecule has 6 unspecified atom stereocenters. The van der Waals surface area contributed by atoms with Crippen LogP contribution in [0.5, 0.6) is 0 Å². The number of aldehydes is 1. The molecule has 6 nitrogen and oxygen atoms in total. The highest BCUT2D eigenvalue weighted by atomic mass is 32.3. The van der Waals surface area contributed by atoms with Crippen molar-refractivity contribution in [3.05, 3.63) is 24.7 Å². The number of hydrogen-bond acceptors (Lipinski definition) is 6. The standard InChI is InChI=1S/C15H20O6S2/c1-2-22(18)14(9-12-4-7-21-15(12)17)23(19)8-5-11-3-6-20-13(11)10-16/h3-4,6-7,10-14H,2,5,8-9H2,1H3. The topological polar surface area (TPSA) is 98.7 Å². The Morgan fingerprint density at radius 1 is 1.30 bits per heavy atom. The summed E-state index contributed by atoms with van der Waals surface area (Å²) in [6.07, 6.45) is 7.13. The molecular formula is C15H20O6S2. The van der Waals surface area contributed by atoms with Crippen LogP contribution < -0.4 is 0 Å². The quantitative estimate of drug-likeness (QED) is 0.346. The van der Waals surface area contributed by atoms with Crippen molar-refractivity contribution in [2.75, 3.05) is 11.5 Å². The van der Waals surface area contributed by atoms with E-state index >= 15 is 0 Å². The molecule has 2 aliphatic heterocycles. The van der Waals surface area contributed by atoms with Gasteiger partial charge >= 0.3 is 5.97 Å². The minimum Gasteiger partial charge on any atom is -0.612 e. The molecule has 2 heterocycles. The number of esters is 1. The average molecular weight is 360 g/mol. The summed E-state index contributed by atoms with van der Waals surface area (Å²) in [6.45, 7) is 1.76. The lowest BCUT2D eigenvalue weighted by molar-refractivity contribution is -0.139. The lowest BCUT2D eigenvalue weighted by Gasteiger charge is -2.25. The second-order valence-electron chi connectivity index (χ2n) is 5.31. The van der Waals surface area contributed by atoms with E-state index in [2.05, 4.69) is 0 Å². The Bertz CT molecular complexity index is 481. The fraction of sp³-hybridized carbons (Fsp3) is 0.600. The van der Waals surface area contributed by atoms with E-state index in [-0.39, 0.29) is 12.3 Å². The summed E-state index contributed by atoms with van der Waals surface area (Å²) >= 11 is -2.64. The average Bonchev–Trinajstić information content (AvgIpc) is 3.18. The van der Waals surface area contributed by atoms with Gasteiger partial charge in [0.2, 0.25) is 0 Å². The van der Waals surface area contributed by atoms with Gasteiger partial charge in [-0.05, 0) is 19.1 Å². The van der Waals surface area contributed by atoms with Gasteiger partial charge in [-0.15, -0.1) is 0 Å². The molecule has 0 bridgehead atoms. The third-order valence-electron chi connectivity index (χ3n) is 3.89. The minimum absolute atomic E-state index is 0.108. The van der Waals surface area contributed by atoms with Crippen molar-refractivity contribution in [1.82, 2.24) is 0 Å². The van der Waals surface area contributed by atoms with Crippen molar-refractivity contribution in [3.8, 4) is 0 Å². The maximum atomic E-state index is 12.6. The first kappa shape index (κ1) is 18.4. The van der Waals surface area contributed by atoms with Gasteiger partial charge < -0.3 is 18.6 Å². The fourth-order valence-electron chi connectivity index (χ4n) is 2.49. The van der Waals surface area contributed by atoms with Crippen molar-refractivity contribution in [2.45, 2.75) is 30.5 Å². The van der Waals surface area contributed by atoms with Crippen molar-refractivity contribution in [3.63, 3.8) is 0 Å². The monoisotopic (exact) mass is 360 g/mol. The third-order valence-corrected chi connectivity index (χ3v) is 7.94. The van der Waals surface area contributed by atoms with E-state index in [0.717, 1.165) is 6.29 Å². The Kier molecular flexibility index (Phi) is 7.01. The molecule has 0 saturated heterocycles. The van der Waals surface area contributed by atoms with E-state index in [4.69, 9.17) is 9.47 Å². The number of cyclic esters (lactones) is 1. The Morgan fingerprint density at radius 2 is 2.09 bits per heavy atom. The summed E-state index contributed by atoms with van der Waals surface area (Å²) in [5.41, 5.74) is 0. The number of carbonyl (C=O) groups excluding carboxylic acids is 2. The number of carbonyl (C=O) groups is 2. The van der Waals surface area contributed by atoms with E-state index in [1.807, 2.05) is 0 Å². The smallest absolute Gasteiger partial charge is 0.318 e. The minimum atomic E-state index is -1.36. The molecule has 0 radical (unpaired) electrons. The van der Waals surface area contributed by atoms with Crippen LogP contribution >= 0.6 is 0 Å². The molecule has 0 fully saturated rings. The third kappa shape index (κ3) is 4.76. The van der Waals surface area contributed by atoms with Crippen LogP contribution in [0, 0.1) is 11.8 Å². The Hall–Kier alpha value is -0.960. The highest BCUT2D eigenvalue weighted by Gasteiger charge is 2.39. The predicted octanol–water partition coefficient (Wildman–Crippen LogP) is 1.02. The second-order valence-corrected chi connectivity index (χ2v) is 9.25. The van der Waals surface area contributed by atoms with E-state index < -0.39 is 44.9 Å². The molecule has 23 heavy (non-hydrogen) atoms. The molecule has 0 spiro atoms. The first-order chi connectivity index (χ1) is 11.1. The van der Waals surface area contributed by atoms with Gasteiger partial charge in [-0.2, -0.15) is 0 Å². The number of hydrogen-bond donors (Lipinski definition) is 0. The van der Waals surface area contributed by atoms with Crippen LogP contribution in [0.1, 0.15) is 19.8 Å². The Labute approximate surface area is 141 Å². The van der Waals surface area contributed by atoms with Crippen LogP contribution in [0.3, 0.4) is 0 Å². The van der Waals surface area contributed by atoms with Gasteiger partial charge in [0.25, 0.3) is 4.58 Å². The lowest BCUT2D eigenvalue weighted by Crippen LogP contribution is -2.37. The highest BCUT2D eigenvalue weighted by molar-refractivity contribution is 8.09. The highest BCUT2D eigenvalue weighted by Crippen LogP contribution is 2.27. The largest absolute Gasteiger partial charge is 0.612 e. The van der Waals surface area contributed by atoms with E-state index in [1.165, 1.54) is 12.5 Å². The van der Waals surface area contributed by atoms with E-state index in [0.29, 0.717) is 17.9 Å². The molecule has 2 rings (SSSR count). The molecule has 6 atom stereocenters. The molecule has 0 aromatic heterocycles. The zero-order valence-electron chi connectivity index (χ0n) is 12.8. The van der Waals surface area contributed by atoms with Gasteiger partial charge in [0, 0.05) is 34.7 Å². The molecule has 0 aromatic carbocycles. The molecular weight excluding hydrogens is 340 g/mol. The molecule has 0 aromatic rings. The van der Waals surface area contributed by atoms with Gasteiger partial charge in [0.05, 0.1) is 24.9 Å². The van der Waals surface area contributed by atoms with Crippen LogP contribution in [-0.4, -0.2) is 43.6 Å². The normalized spacial score (nSPS) is 29.9. The SMILES string of the molecule is CC[S+]([O-])C(CC1C=COC1=O)[S+]([O-])CCC1C=COC1C=O. The zero-order valence-corrected chi connectivity index (χ0v) is 14.4. The van der Waals surface area contributed by atoms with Gasteiger partial charge in [0.1, 0.15) is 11.5 Å². The van der Waals surface area contributed by atoms with Gasteiger partial charge in [-0.25, -0.2) is 0 Å². The van der Waals surface area contributed by atoms with Gasteiger partial charge in [-0.3, -0.25) is 9.59 Å². The van der Waals surface area contributed by atoms with Crippen LogP contribution in [0.15, 0.2) is 24.7 Å². The van der Waals surface area contributed by atoms with Crippen molar-refractivity contribution >= 4 is 34.6 Å². The summed E-state index contributed by atoms with van der Waals surface area (Å²) in [7, 11) is 0. The van der Waals surface area contributed by atoms with E-state index in [1.54, 1.807) is 19.1 Å². The summed E-state index contributed by atoms with van der Waals surface area (Å²) in [6, 6.07) is 0. The summed E-state index contributed by atoms with van der Waals surface area (Å²) in [5.74, 6) is -0.302. The van der Waals surface area contributed by atoms with E-state index in [9.17, 15) is 18.7 Å². The van der Waals surface area contributed by atoms with Crippen molar-refractivity contribution < 1.29 is 28.2 Å². The molecule has 2 aliphatic rings. The summed E-state index contributed by atoms with van der Waals surface area (Å²) in [5, 5.41) is 0. The van der Waals surface area contributed by atoms with Gasteiger partial charge in [0.15, 0.2) is 12.4 Å². The zero-order chi connectivity index (χ0) is 16.8. The molecule has 0 saturated carbocycles. The molecule has 128 valence electrons. The predicted molar refractivity (Wildman–Crippen MR) is 87.0 cm³/mol. The maximum absolute atomic E-state index is 12.6. The maximum Gasteiger partial charge on any atom is 0.318 e. The first-order valence-electron chi connectivity index (χ1n) is 7.45. The van der Waals surface area contributed by atoms with Crippen molar-refractivity contribution in [1.29, 1.82) is 0 Å². The number of rotatable bonds is 9. The molecule has 0 N–H and O–H groups in total. The molecule has 0 amide bonds. The Morgan fingerprint density at radius 3 is 2.70 bits per heavy atom. The Balaban J connectivity index is 1.92. The summed E-state index contributed by atoms with van der Waals surface area (Å²) < 4.78 is 34.1. The number of ether oxygens (including phenoxy) is 2. The van der Waals surface area contributed by atoms with Gasteiger partial charge in [-0.1, -0.05) is 0 Å². The van der Waals surface area contributed by atoms with Crippen molar-refractivity contribution in [2.24, 2.45) is 11.8 Å². The summed E-state index contributed by atoms with van der Waals surface area (Å²) in [4.78, 5) is 22.4. The molecule has 8 heteroatoms. The lowest BCUT2D eigenvalue weighted by atomic mass is 10.0. The molecule has 0 aliphatic carbocycles. The van der Waals surface area contributed by atoms with Crippen LogP contribution in [0.25, 0.3) is 0 Å². The van der Waals surface area contributed by atoms with Crippen LogP contribution in [-0.2, 0) is 41.4 Å². The fourth-order valence-corrected chi connectivity index (χ4v) is 6.13. The van der Waals surface area contributed by atoms with Crippen LogP contribution in [0.2, 0.25) is 0 Å². The first-order valence-corrected chi connectivity index (χ1v) is 10.2. The van der Waals surface area contributed by atoms with Crippen LogP contribution in [0.4, 0.5) is 0 Å². The second kappa shape index (κ2) is 8.77.